The number of aromatic amines is 1. The van der Waals surface area contributed by atoms with Crippen LogP contribution in [0.2, 0.25) is 0 Å². The Morgan fingerprint density at radius 1 is 1.38 bits per heavy atom. The van der Waals surface area contributed by atoms with Crippen molar-refractivity contribution in [1.29, 1.82) is 0 Å². The van der Waals surface area contributed by atoms with Gasteiger partial charge in [-0.3, -0.25) is 0 Å². The fraction of sp³-hybridized carbons (Fsp3) is 0.0909. The third kappa shape index (κ3) is 3.06. The largest absolute Gasteiger partial charge is 0.477 e. The molecule has 0 bridgehead atoms. The maximum Gasteiger partial charge on any atom is 0.341 e. The number of halogens is 2. The number of carboxylic acids is 1. The second-order valence-electron chi connectivity index (χ2n) is 3.94. The van der Waals surface area contributed by atoms with Gasteiger partial charge in [0.15, 0.2) is 5.82 Å². The van der Waals surface area contributed by atoms with Crippen LogP contribution < -0.4 is 4.72 Å². The Morgan fingerprint density at radius 2 is 2.10 bits per heavy atom. The number of carbonyl (C=O) groups is 1. The summed E-state index contributed by atoms with van der Waals surface area (Å²) >= 11 is 0. The SMILES string of the molecule is O=C(O)c1c(F)ccc(S(=O)(=O)NCc2cnc[nH]2)c1F. The summed E-state index contributed by atoms with van der Waals surface area (Å²) < 4.78 is 53.0. The molecule has 0 saturated heterocycles. The number of aromatic nitrogens is 2. The number of carboxylic acid groups (broad SMARTS) is 1. The highest BCUT2D eigenvalue weighted by atomic mass is 32.2. The molecular formula is C11H9F2N3O4S. The molecule has 0 aliphatic carbocycles. The molecule has 0 fully saturated rings. The number of nitrogens with one attached hydrogen (secondary N) is 2. The molecule has 0 atom stereocenters. The van der Waals surface area contributed by atoms with Crippen LogP contribution in [0.25, 0.3) is 0 Å². The van der Waals surface area contributed by atoms with E-state index in [4.69, 9.17) is 5.11 Å². The zero-order valence-electron chi connectivity index (χ0n) is 10.3. The summed E-state index contributed by atoms with van der Waals surface area (Å²) in [7, 11) is -4.34. The number of aromatic carboxylic acids is 1. The summed E-state index contributed by atoms with van der Waals surface area (Å²) in [4.78, 5) is 16.1. The van der Waals surface area contributed by atoms with Gasteiger partial charge in [0.05, 0.1) is 12.9 Å². The molecule has 2 rings (SSSR count). The zero-order chi connectivity index (χ0) is 15.6. The van der Waals surface area contributed by atoms with Crippen LogP contribution in [-0.4, -0.2) is 29.5 Å². The fourth-order valence-electron chi connectivity index (χ4n) is 1.57. The van der Waals surface area contributed by atoms with Crippen molar-refractivity contribution in [3.05, 3.63) is 47.5 Å². The first-order chi connectivity index (χ1) is 9.83. The van der Waals surface area contributed by atoms with Crippen LogP contribution in [0.1, 0.15) is 16.1 Å². The molecule has 1 aromatic carbocycles. The van der Waals surface area contributed by atoms with Crippen molar-refractivity contribution >= 4 is 16.0 Å². The molecule has 7 nitrogen and oxygen atoms in total. The van der Waals surface area contributed by atoms with Crippen molar-refractivity contribution in [2.75, 3.05) is 0 Å². The number of benzene rings is 1. The molecule has 0 amide bonds. The number of H-pyrrole nitrogens is 1. The Labute approximate surface area is 117 Å². The first-order valence-corrected chi connectivity index (χ1v) is 6.99. The minimum atomic E-state index is -4.34. The number of sulfonamides is 1. The minimum Gasteiger partial charge on any atom is -0.477 e. The average Bonchev–Trinajstić information content (AvgIpc) is 2.88. The Hall–Kier alpha value is -2.33. The van der Waals surface area contributed by atoms with Crippen molar-refractivity contribution in [3.63, 3.8) is 0 Å². The highest BCUT2D eigenvalue weighted by Crippen LogP contribution is 2.21. The molecule has 0 unspecified atom stereocenters. The first kappa shape index (κ1) is 15.1. The molecule has 0 saturated carbocycles. The van der Waals surface area contributed by atoms with Crippen LogP contribution in [0.5, 0.6) is 0 Å². The Balaban J connectivity index is 2.36. The van der Waals surface area contributed by atoms with E-state index in [-0.39, 0.29) is 6.54 Å². The van der Waals surface area contributed by atoms with Gasteiger partial charge in [-0.1, -0.05) is 0 Å². The van der Waals surface area contributed by atoms with Crippen molar-refractivity contribution in [2.45, 2.75) is 11.4 Å². The quantitative estimate of drug-likeness (QED) is 0.757. The van der Waals surface area contributed by atoms with E-state index in [9.17, 15) is 22.0 Å². The third-order valence-corrected chi connectivity index (χ3v) is 3.99. The van der Waals surface area contributed by atoms with E-state index in [1.54, 1.807) is 0 Å². The highest BCUT2D eigenvalue weighted by molar-refractivity contribution is 7.89. The number of imidazole rings is 1. The number of hydrogen-bond donors (Lipinski definition) is 3. The third-order valence-electron chi connectivity index (χ3n) is 2.57. The predicted molar refractivity (Wildman–Crippen MR) is 65.9 cm³/mol. The lowest BCUT2D eigenvalue weighted by Crippen LogP contribution is -2.25. The maximum absolute atomic E-state index is 13.9. The van der Waals surface area contributed by atoms with Gasteiger partial charge >= 0.3 is 5.97 Å². The van der Waals surface area contributed by atoms with Crippen LogP contribution in [0, 0.1) is 11.6 Å². The topological polar surface area (TPSA) is 112 Å². The van der Waals surface area contributed by atoms with Crippen molar-refractivity contribution in [1.82, 2.24) is 14.7 Å². The minimum absolute atomic E-state index is 0.207. The lowest BCUT2D eigenvalue weighted by atomic mass is 10.2. The van der Waals surface area contributed by atoms with E-state index in [0.717, 1.165) is 0 Å². The molecule has 112 valence electrons. The number of rotatable bonds is 5. The van der Waals surface area contributed by atoms with E-state index >= 15 is 0 Å². The molecule has 0 radical (unpaired) electrons. The van der Waals surface area contributed by atoms with E-state index in [1.807, 2.05) is 4.72 Å². The van der Waals surface area contributed by atoms with Gasteiger partial charge in [-0.15, -0.1) is 0 Å². The molecule has 10 heteroatoms. The Bertz CT molecular complexity index is 775. The summed E-state index contributed by atoms with van der Waals surface area (Å²) in [5.41, 5.74) is -0.904. The molecule has 3 N–H and O–H groups in total. The van der Waals surface area contributed by atoms with Crippen LogP contribution in [0.3, 0.4) is 0 Å². The molecule has 0 aliphatic rings. The van der Waals surface area contributed by atoms with Gasteiger partial charge in [0.25, 0.3) is 0 Å². The molecule has 2 aromatic rings. The lowest BCUT2D eigenvalue weighted by molar-refractivity contribution is 0.0685. The van der Waals surface area contributed by atoms with Crippen molar-refractivity contribution in [2.24, 2.45) is 0 Å². The summed E-state index contributed by atoms with van der Waals surface area (Å²) in [6.07, 6.45) is 2.68. The monoisotopic (exact) mass is 317 g/mol. The van der Waals surface area contributed by atoms with Crippen LogP contribution in [0.4, 0.5) is 8.78 Å². The molecule has 1 heterocycles. The Morgan fingerprint density at radius 3 is 2.67 bits per heavy atom. The second-order valence-corrected chi connectivity index (χ2v) is 5.68. The number of nitrogens with zero attached hydrogens (tertiary/aromatic N) is 1. The maximum atomic E-state index is 13.9. The summed E-state index contributed by atoms with van der Waals surface area (Å²) in [6.45, 7) is -0.207. The standard InChI is InChI=1S/C11H9F2N3O4S/c12-7-1-2-8(10(13)9(7)11(17)18)21(19,20)16-4-6-3-14-5-15-6/h1-3,5,16H,4H2,(H,14,15)(H,17,18). The van der Waals surface area contributed by atoms with Gasteiger partial charge in [0.2, 0.25) is 10.0 Å². The van der Waals surface area contributed by atoms with E-state index in [1.165, 1.54) is 12.5 Å². The van der Waals surface area contributed by atoms with Gasteiger partial charge in [-0.05, 0) is 12.1 Å². The van der Waals surface area contributed by atoms with E-state index in [2.05, 4.69) is 9.97 Å². The van der Waals surface area contributed by atoms with Crippen LogP contribution in [0.15, 0.2) is 29.6 Å². The van der Waals surface area contributed by atoms with Gasteiger partial charge in [-0.2, -0.15) is 0 Å². The molecule has 21 heavy (non-hydrogen) atoms. The summed E-state index contributed by atoms with van der Waals surface area (Å²) in [5, 5.41) is 8.71. The van der Waals surface area contributed by atoms with Gasteiger partial charge < -0.3 is 10.1 Å². The summed E-state index contributed by atoms with van der Waals surface area (Å²) in [5.74, 6) is -4.90. The Kier molecular flexibility index (Phi) is 4.00. The van der Waals surface area contributed by atoms with Gasteiger partial charge in [0.1, 0.15) is 16.3 Å². The molecule has 1 aromatic heterocycles. The molecular weight excluding hydrogens is 308 g/mol. The predicted octanol–water partition coefficient (Wildman–Crippen LogP) is 0.865. The van der Waals surface area contributed by atoms with E-state index in [0.29, 0.717) is 17.8 Å². The van der Waals surface area contributed by atoms with Crippen LogP contribution >= 0.6 is 0 Å². The van der Waals surface area contributed by atoms with Crippen molar-refractivity contribution < 1.29 is 27.1 Å². The fourth-order valence-corrected chi connectivity index (χ4v) is 2.66. The van der Waals surface area contributed by atoms with Gasteiger partial charge in [0, 0.05) is 11.9 Å². The van der Waals surface area contributed by atoms with E-state index < -0.39 is 38.1 Å². The second kappa shape index (κ2) is 5.58. The summed E-state index contributed by atoms with van der Waals surface area (Å²) in [6, 6.07) is 1.24. The van der Waals surface area contributed by atoms with Crippen molar-refractivity contribution in [3.8, 4) is 0 Å². The smallest absolute Gasteiger partial charge is 0.341 e. The normalized spacial score (nSPS) is 11.5. The lowest BCUT2D eigenvalue weighted by Gasteiger charge is -2.09. The zero-order valence-corrected chi connectivity index (χ0v) is 11.1. The molecule has 0 spiro atoms. The number of hydrogen-bond acceptors (Lipinski definition) is 4. The average molecular weight is 317 g/mol. The molecule has 0 aliphatic heterocycles. The van der Waals surface area contributed by atoms with Gasteiger partial charge in [-0.25, -0.2) is 31.7 Å². The first-order valence-electron chi connectivity index (χ1n) is 5.51. The highest BCUT2D eigenvalue weighted by Gasteiger charge is 2.26. The van der Waals surface area contributed by atoms with Crippen LogP contribution in [-0.2, 0) is 16.6 Å².